The predicted molar refractivity (Wildman–Crippen MR) is 32.9 cm³/mol. The van der Waals surface area contributed by atoms with Crippen molar-refractivity contribution in [2.24, 2.45) is 0 Å². The fraction of sp³-hybridized carbons (Fsp3) is 0.667. The Balaban J connectivity index is 2.83. The minimum absolute atomic E-state index is 0.670. The molecular formula is C6H12O2. The van der Waals surface area contributed by atoms with E-state index in [2.05, 4.69) is 0 Å². The van der Waals surface area contributed by atoms with Crippen LogP contribution in [0.2, 0.25) is 0 Å². The van der Waals surface area contributed by atoms with Crippen LogP contribution in [-0.4, -0.2) is 27.4 Å². The molecule has 0 aromatic heterocycles. The first-order valence-corrected chi connectivity index (χ1v) is 2.54. The number of ether oxygens (including phenoxy) is 2. The van der Waals surface area contributed by atoms with Crippen molar-refractivity contribution in [1.82, 2.24) is 0 Å². The SMILES string of the molecule is COC/C=C/COC. The Morgan fingerprint density at radius 3 is 1.62 bits per heavy atom. The molecule has 0 aliphatic rings. The molecule has 0 aliphatic heterocycles. The van der Waals surface area contributed by atoms with E-state index in [1.54, 1.807) is 14.2 Å². The summed E-state index contributed by atoms with van der Waals surface area (Å²) >= 11 is 0. The van der Waals surface area contributed by atoms with E-state index < -0.39 is 0 Å². The molecule has 0 heterocycles. The highest BCUT2D eigenvalue weighted by molar-refractivity contribution is 4.80. The van der Waals surface area contributed by atoms with Crippen molar-refractivity contribution in [2.45, 2.75) is 0 Å². The molecule has 0 aromatic carbocycles. The molecule has 0 unspecified atom stereocenters. The maximum atomic E-state index is 4.75. The van der Waals surface area contributed by atoms with Gasteiger partial charge in [-0.25, -0.2) is 0 Å². The lowest BCUT2D eigenvalue weighted by Crippen LogP contribution is -1.84. The lowest BCUT2D eigenvalue weighted by molar-refractivity contribution is 0.223. The standard InChI is InChI=1S/C6H12O2/c1-7-5-3-4-6-8-2/h3-4H,5-6H2,1-2H3/b4-3+. The first-order valence-electron chi connectivity index (χ1n) is 2.54. The molecule has 0 atom stereocenters. The van der Waals surface area contributed by atoms with Gasteiger partial charge in [0.15, 0.2) is 0 Å². The van der Waals surface area contributed by atoms with Gasteiger partial charge in [-0.2, -0.15) is 0 Å². The Kier molecular flexibility index (Phi) is 6.38. The number of hydrogen-bond acceptors (Lipinski definition) is 2. The molecule has 0 aliphatic carbocycles. The summed E-state index contributed by atoms with van der Waals surface area (Å²) in [5.41, 5.74) is 0. The highest BCUT2D eigenvalue weighted by atomic mass is 16.5. The van der Waals surface area contributed by atoms with E-state index in [0.717, 1.165) is 0 Å². The summed E-state index contributed by atoms with van der Waals surface area (Å²) in [6.07, 6.45) is 3.84. The van der Waals surface area contributed by atoms with Crippen molar-refractivity contribution in [2.75, 3.05) is 27.4 Å². The second-order valence-corrected chi connectivity index (χ2v) is 1.38. The monoisotopic (exact) mass is 116 g/mol. The number of methoxy groups -OCH3 is 2. The van der Waals surface area contributed by atoms with Crippen LogP contribution >= 0.6 is 0 Å². The summed E-state index contributed by atoms with van der Waals surface area (Å²) in [6.45, 7) is 1.34. The van der Waals surface area contributed by atoms with Crippen LogP contribution in [-0.2, 0) is 9.47 Å². The second-order valence-electron chi connectivity index (χ2n) is 1.38. The molecule has 0 spiro atoms. The molecule has 0 bridgehead atoms. The average molecular weight is 116 g/mol. The van der Waals surface area contributed by atoms with Gasteiger partial charge in [-0.05, 0) is 0 Å². The maximum Gasteiger partial charge on any atom is 0.0644 e. The van der Waals surface area contributed by atoms with Crippen molar-refractivity contribution >= 4 is 0 Å². The minimum Gasteiger partial charge on any atom is -0.381 e. The zero-order chi connectivity index (χ0) is 6.24. The summed E-state index contributed by atoms with van der Waals surface area (Å²) in [4.78, 5) is 0. The van der Waals surface area contributed by atoms with Crippen LogP contribution in [0.3, 0.4) is 0 Å². The van der Waals surface area contributed by atoms with Crippen LogP contribution in [0.15, 0.2) is 12.2 Å². The Bertz CT molecular complexity index is 51.5. The van der Waals surface area contributed by atoms with Crippen molar-refractivity contribution in [3.05, 3.63) is 12.2 Å². The topological polar surface area (TPSA) is 18.5 Å². The van der Waals surface area contributed by atoms with E-state index in [1.807, 2.05) is 12.2 Å². The summed E-state index contributed by atoms with van der Waals surface area (Å²) in [5.74, 6) is 0. The van der Waals surface area contributed by atoms with Gasteiger partial charge in [-0.1, -0.05) is 12.2 Å². The Hall–Kier alpha value is -0.340. The van der Waals surface area contributed by atoms with Crippen LogP contribution in [0.5, 0.6) is 0 Å². The molecule has 2 nitrogen and oxygen atoms in total. The molecule has 0 saturated carbocycles. The molecule has 0 N–H and O–H groups in total. The highest BCUT2D eigenvalue weighted by Gasteiger charge is 1.70. The number of rotatable bonds is 4. The first-order chi connectivity index (χ1) is 3.91. The van der Waals surface area contributed by atoms with Gasteiger partial charge in [-0.15, -0.1) is 0 Å². The molecule has 0 radical (unpaired) electrons. The highest BCUT2D eigenvalue weighted by Crippen LogP contribution is 1.73. The van der Waals surface area contributed by atoms with Gasteiger partial charge in [0.2, 0.25) is 0 Å². The Morgan fingerprint density at radius 2 is 1.38 bits per heavy atom. The van der Waals surface area contributed by atoms with Gasteiger partial charge >= 0.3 is 0 Å². The normalized spacial score (nSPS) is 10.8. The van der Waals surface area contributed by atoms with Crippen LogP contribution in [0.25, 0.3) is 0 Å². The molecule has 0 amide bonds. The van der Waals surface area contributed by atoms with Crippen molar-refractivity contribution in [3.63, 3.8) is 0 Å². The van der Waals surface area contributed by atoms with Crippen LogP contribution in [0, 0.1) is 0 Å². The zero-order valence-electron chi connectivity index (χ0n) is 5.39. The van der Waals surface area contributed by atoms with Gasteiger partial charge in [0, 0.05) is 14.2 Å². The molecule has 0 rings (SSSR count). The van der Waals surface area contributed by atoms with Gasteiger partial charge in [0.05, 0.1) is 13.2 Å². The van der Waals surface area contributed by atoms with E-state index in [0.29, 0.717) is 13.2 Å². The van der Waals surface area contributed by atoms with Gasteiger partial charge in [-0.3, -0.25) is 0 Å². The third-order valence-electron chi connectivity index (χ3n) is 0.692. The smallest absolute Gasteiger partial charge is 0.0644 e. The van der Waals surface area contributed by atoms with Crippen LogP contribution < -0.4 is 0 Å². The van der Waals surface area contributed by atoms with Crippen molar-refractivity contribution in [3.8, 4) is 0 Å². The zero-order valence-corrected chi connectivity index (χ0v) is 5.39. The summed E-state index contributed by atoms with van der Waals surface area (Å²) < 4.78 is 9.49. The molecule has 0 aromatic rings. The van der Waals surface area contributed by atoms with E-state index >= 15 is 0 Å². The van der Waals surface area contributed by atoms with Crippen molar-refractivity contribution in [1.29, 1.82) is 0 Å². The van der Waals surface area contributed by atoms with Gasteiger partial charge in [0.1, 0.15) is 0 Å². The third-order valence-corrected chi connectivity index (χ3v) is 0.692. The molecule has 0 saturated heterocycles. The average Bonchev–Trinajstić information content (AvgIpc) is 1.81. The third kappa shape index (κ3) is 5.66. The van der Waals surface area contributed by atoms with Gasteiger partial charge < -0.3 is 9.47 Å². The lowest BCUT2D eigenvalue weighted by atomic mass is 10.5. The predicted octanol–water partition coefficient (Wildman–Crippen LogP) is 0.835. The quantitative estimate of drug-likeness (QED) is 0.506. The fourth-order valence-corrected chi connectivity index (χ4v) is 0.329. The van der Waals surface area contributed by atoms with E-state index in [1.165, 1.54) is 0 Å². The Labute approximate surface area is 50.1 Å². The van der Waals surface area contributed by atoms with Crippen LogP contribution in [0.4, 0.5) is 0 Å². The van der Waals surface area contributed by atoms with Gasteiger partial charge in [0.25, 0.3) is 0 Å². The molecule has 2 heteroatoms. The minimum atomic E-state index is 0.670. The molecule has 8 heavy (non-hydrogen) atoms. The van der Waals surface area contributed by atoms with E-state index in [4.69, 9.17) is 9.47 Å². The van der Waals surface area contributed by atoms with Crippen LogP contribution in [0.1, 0.15) is 0 Å². The van der Waals surface area contributed by atoms with E-state index in [9.17, 15) is 0 Å². The van der Waals surface area contributed by atoms with E-state index in [-0.39, 0.29) is 0 Å². The lowest BCUT2D eigenvalue weighted by Gasteiger charge is -1.87. The summed E-state index contributed by atoms with van der Waals surface area (Å²) in [5, 5.41) is 0. The molecule has 0 fully saturated rings. The Morgan fingerprint density at radius 1 is 1.00 bits per heavy atom. The summed E-state index contributed by atoms with van der Waals surface area (Å²) in [7, 11) is 3.33. The number of hydrogen-bond donors (Lipinski definition) is 0. The maximum absolute atomic E-state index is 4.75. The second kappa shape index (κ2) is 6.66. The fourth-order valence-electron chi connectivity index (χ4n) is 0.329. The largest absolute Gasteiger partial charge is 0.381 e. The molecule has 48 valence electrons. The van der Waals surface area contributed by atoms with Crippen molar-refractivity contribution < 1.29 is 9.47 Å². The summed E-state index contributed by atoms with van der Waals surface area (Å²) in [6, 6.07) is 0. The molecular weight excluding hydrogens is 104 g/mol. The first kappa shape index (κ1) is 7.66.